The van der Waals surface area contributed by atoms with Crippen LogP contribution in [0.4, 0.5) is 9.93 Å². The van der Waals surface area contributed by atoms with E-state index >= 15 is 0 Å². The number of carboxylic acid groups (broad SMARTS) is 1. The zero-order chi connectivity index (χ0) is 39.7. The van der Waals surface area contributed by atoms with E-state index in [1.54, 1.807) is 17.4 Å². The Kier molecular flexibility index (Phi) is 11.4. The van der Waals surface area contributed by atoms with Crippen LogP contribution in [0.15, 0.2) is 42.3 Å². The SMILES string of the molecule is C=C[C@@H]1C[C@]1(NC(=O)[C@@H]1C[C@@H](Oc2cc(-c3csc(NC4CCCC4)n3)nc3cc(C)ccc23)CN1C(=O)[C@@H](NC(=O)OC1CCCC1)C1CCCCC1)C(=O)O. The molecule has 0 spiro atoms. The van der Waals surface area contributed by atoms with E-state index in [2.05, 4.69) is 22.5 Å². The number of ether oxygens (including phenoxy) is 2. The van der Waals surface area contributed by atoms with E-state index in [0.29, 0.717) is 17.5 Å². The van der Waals surface area contributed by atoms with E-state index in [4.69, 9.17) is 19.4 Å². The van der Waals surface area contributed by atoms with Crippen LogP contribution in [-0.4, -0.2) is 86.3 Å². The van der Waals surface area contributed by atoms with Crippen LogP contribution in [0.3, 0.4) is 0 Å². The van der Waals surface area contributed by atoms with Gasteiger partial charge in [-0.05, 0) is 88.3 Å². The molecule has 0 radical (unpaired) electrons. The summed E-state index contributed by atoms with van der Waals surface area (Å²) in [6.45, 7) is 5.83. The first kappa shape index (κ1) is 39.1. The number of carbonyl (C=O) groups excluding carboxylic acids is 3. The largest absolute Gasteiger partial charge is 0.488 e. The summed E-state index contributed by atoms with van der Waals surface area (Å²) in [7, 11) is 0. The number of pyridine rings is 1. The number of alkyl carbamates (subject to hydrolysis) is 1. The minimum Gasteiger partial charge on any atom is -0.488 e. The van der Waals surface area contributed by atoms with Crippen molar-refractivity contribution in [2.45, 2.75) is 139 Å². The van der Waals surface area contributed by atoms with Gasteiger partial charge in [0.05, 0.1) is 17.8 Å². The summed E-state index contributed by atoms with van der Waals surface area (Å²) in [6, 6.07) is 6.30. The van der Waals surface area contributed by atoms with Crippen LogP contribution >= 0.6 is 11.3 Å². The van der Waals surface area contributed by atoms with Crippen LogP contribution < -0.4 is 20.7 Å². The summed E-state index contributed by atoms with van der Waals surface area (Å²) in [5.74, 6) is -2.12. The summed E-state index contributed by atoms with van der Waals surface area (Å²) in [4.78, 5) is 66.2. The highest BCUT2D eigenvalue weighted by Crippen LogP contribution is 2.45. The lowest BCUT2D eigenvalue weighted by Gasteiger charge is -2.34. The van der Waals surface area contributed by atoms with E-state index in [0.717, 1.165) is 97.9 Å². The zero-order valence-electron chi connectivity index (χ0n) is 32.7. The molecule has 5 aliphatic rings. The summed E-state index contributed by atoms with van der Waals surface area (Å²) < 4.78 is 12.6. The Labute approximate surface area is 337 Å². The molecule has 1 aromatic carbocycles. The minimum atomic E-state index is -1.48. The number of carboxylic acids is 1. The number of thiazole rings is 1. The molecule has 3 aromatic rings. The molecule has 8 rings (SSSR count). The Hall–Kier alpha value is -4.72. The van der Waals surface area contributed by atoms with Gasteiger partial charge in [0.2, 0.25) is 11.8 Å². The van der Waals surface area contributed by atoms with Crippen molar-refractivity contribution in [3.63, 3.8) is 0 Å². The topological polar surface area (TPSA) is 172 Å². The number of likely N-dealkylation sites (tertiary alicyclic amines) is 1. The smallest absolute Gasteiger partial charge is 0.408 e. The van der Waals surface area contributed by atoms with Gasteiger partial charge in [-0.25, -0.2) is 19.6 Å². The molecule has 4 aliphatic carbocycles. The molecule has 4 saturated carbocycles. The van der Waals surface area contributed by atoms with Crippen molar-refractivity contribution < 1.29 is 33.8 Å². The highest BCUT2D eigenvalue weighted by atomic mass is 32.1. The second-order valence-electron chi connectivity index (χ2n) is 16.8. The summed E-state index contributed by atoms with van der Waals surface area (Å²) in [5, 5.41) is 23.1. The lowest BCUT2D eigenvalue weighted by Crippen LogP contribution is -2.58. The van der Waals surface area contributed by atoms with Crippen molar-refractivity contribution in [2.24, 2.45) is 11.8 Å². The van der Waals surface area contributed by atoms with E-state index < -0.39 is 53.5 Å². The maximum Gasteiger partial charge on any atom is 0.408 e. The highest BCUT2D eigenvalue weighted by Gasteiger charge is 2.61. The van der Waals surface area contributed by atoms with Crippen LogP contribution in [0.5, 0.6) is 5.75 Å². The number of aliphatic carboxylic acids is 1. The van der Waals surface area contributed by atoms with Gasteiger partial charge in [0, 0.05) is 35.2 Å². The molecular formula is C43H54N6O7S. The number of nitrogens with zero attached hydrogens (tertiary/aromatic N) is 3. The lowest BCUT2D eigenvalue weighted by molar-refractivity contribution is -0.146. The van der Waals surface area contributed by atoms with Crippen molar-refractivity contribution in [3.05, 3.63) is 47.9 Å². The Morgan fingerprint density at radius 2 is 1.70 bits per heavy atom. The van der Waals surface area contributed by atoms with Crippen LogP contribution in [0.1, 0.15) is 102 Å². The van der Waals surface area contributed by atoms with E-state index in [9.17, 15) is 24.3 Å². The number of amides is 3. The number of hydrogen-bond donors (Lipinski definition) is 4. The maximum absolute atomic E-state index is 14.8. The fourth-order valence-corrected chi connectivity index (χ4v) is 10.2. The first-order chi connectivity index (χ1) is 27.6. The second-order valence-corrected chi connectivity index (χ2v) is 17.7. The Balaban J connectivity index is 1.09. The molecule has 14 heteroatoms. The molecule has 5 fully saturated rings. The summed E-state index contributed by atoms with van der Waals surface area (Å²) in [6.07, 6.45) is 13.2. The molecule has 57 heavy (non-hydrogen) atoms. The summed E-state index contributed by atoms with van der Waals surface area (Å²) >= 11 is 1.55. The monoisotopic (exact) mass is 798 g/mol. The number of nitrogens with one attached hydrogen (secondary N) is 3. The zero-order valence-corrected chi connectivity index (χ0v) is 33.5. The number of aromatic nitrogens is 2. The fourth-order valence-electron chi connectivity index (χ4n) is 9.46. The van der Waals surface area contributed by atoms with Gasteiger partial charge in [-0.3, -0.25) is 9.59 Å². The summed E-state index contributed by atoms with van der Waals surface area (Å²) in [5.41, 5.74) is 1.66. The third-order valence-corrected chi connectivity index (χ3v) is 13.6. The van der Waals surface area contributed by atoms with Crippen molar-refractivity contribution in [3.8, 4) is 17.1 Å². The number of carbonyl (C=O) groups is 4. The Morgan fingerprint density at radius 1 is 0.965 bits per heavy atom. The van der Waals surface area contributed by atoms with Gasteiger partial charge in [0.15, 0.2) is 5.13 Å². The van der Waals surface area contributed by atoms with Crippen molar-refractivity contribution in [2.75, 3.05) is 11.9 Å². The third-order valence-electron chi connectivity index (χ3n) is 12.8. The van der Waals surface area contributed by atoms with Crippen molar-refractivity contribution in [1.29, 1.82) is 0 Å². The van der Waals surface area contributed by atoms with Crippen LogP contribution in [0, 0.1) is 18.8 Å². The molecule has 5 atom stereocenters. The maximum atomic E-state index is 14.8. The average Bonchev–Trinajstić information content (AvgIpc) is 3.84. The van der Waals surface area contributed by atoms with Crippen molar-refractivity contribution in [1.82, 2.24) is 25.5 Å². The Morgan fingerprint density at radius 3 is 2.42 bits per heavy atom. The Bertz CT molecular complexity index is 2000. The van der Waals surface area contributed by atoms with Crippen LogP contribution in [0.2, 0.25) is 0 Å². The van der Waals surface area contributed by atoms with E-state index in [1.807, 2.05) is 36.6 Å². The van der Waals surface area contributed by atoms with Gasteiger partial charge in [0.25, 0.3) is 0 Å². The van der Waals surface area contributed by atoms with E-state index in [1.165, 1.54) is 17.7 Å². The molecule has 304 valence electrons. The standard InChI is InChI=1S/C43H54N6O7S/c1-3-27-22-43(27,40(52)53)48-38(50)35-20-30(23-49(35)39(51)37(26-11-5-4-6-12-26)47-42(54)56-29-15-9-10-16-29)55-36-21-33(45-32-19-25(2)17-18-31(32)36)34-24-57-41(46-34)44-28-13-7-8-14-28/h3,17-19,21,24,26-30,35,37H,1,4-16,20,22-23H2,2H3,(H,44,46)(H,47,54)(H,48,50)(H,52,53)/t27-,30-,35+,37+,43-/m1/s1. The van der Waals surface area contributed by atoms with Gasteiger partial charge >= 0.3 is 12.1 Å². The quantitative estimate of drug-likeness (QED) is 0.130. The van der Waals surface area contributed by atoms with Crippen molar-refractivity contribution >= 4 is 51.2 Å². The number of hydrogen-bond acceptors (Lipinski definition) is 10. The number of aryl methyl sites for hydroxylation is 1. The van der Waals surface area contributed by atoms with Gasteiger partial charge in [-0.1, -0.05) is 44.2 Å². The number of rotatable bonds is 13. The molecule has 0 unspecified atom stereocenters. The van der Waals surface area contributed by atoms with Gasteiger partial charge in [-0.15, -0.1) is 17.9 Å². The molecule has 0 bridgehead atoms. The van der Waals surface area contributed by atoms with E-state index in [-0.39, 0.29) is 31.4 Å². The predicted molar refractivity (Wildman–Crippen MR) is 217 cm³/mol. The van der Waals surface area contributed by atoms with Gasteiger partial charge in [-0.2, -0.15) is 0 Å². The fraction of sp³-hybridized carbons (Fsp3) is 0.581. The number of fused-ring (bicyclic) bond motifs is 1. The molecule has 4 N–H and O–H groups in total. The minimum absolute atomic E-state index is 0.0572. The second kappa shape index (κ2) is 16.6. The molecule has 13 nitrogen and oxygen atoms in total. The molecule has 1 saturated heterocycles. The number of benzene rings is 1. The highest BCUT2D eigenvalue weighted by molar-refractivity contribution is 7.14. The molecular weight excluding hydrogens is 745 g/mol. The molecule has 2 aromatic heterocycles. The first-order valence-corrected chi connectivity index (χ1v) is 21.7. The van der Waals surface area contributed by atoms with Crippen LogP contribution in [0.25, 0.3) is 22.3 Å². The molecule has 1 aliphatic heterocycles. The predicted octanol–water partition coefficient (Wildman–Crippen LogP) is 7.13. The molecule has 3 heterocycles. The normalized spacial score (nSPS) is 25.9. The van der Waals surface area contributed by atoms with Crippen LogP contribution in [-0.2, 0) is 19.1 Å². The van der Waals surface area contributed by atoms with Gasteiger partial charge in [0.1, 0.15) is 41.3 Å². The first-order valence-electron chi connectivity index (χ1n) is 20.9. The molecule has 3 amide bonds. The number of anilines is 1. The lowest BCUT2D eigenvalue weighted by atomic mass is 9.83. The van der Waals surface area contributed by atoms with Gasteiger partial charge < -0.3 is 35.4 Å². The average molecular weight is 799 g/mol. The third kappa shape index (κ3) is 8.47.